The summed E-state index contributed by atoms with van der Waals surface area (Å²) < 4.78 is 0. The predicted octanol–water partition coefficient (Wildman–Crippen LogP) is 3.44. The standard InChI is InChI=1S/C15H23N/c1-11(2)14(3,4)12-8-6-7-9-13(12)15(5)10-16-15/h6-9,11,16H,10H2,1-5H3. The first-order chi connectivity index (χ1) is 7.38. The van der Waals surface area contributed by atoms with Gasteiger partial charge in [0.25, 0.3) is 0 Å². The lowest BCUT2D eigenvalue weighted by molar-refractivity contribution is 0.367. The molecule has 88 valence electrons. The Bertz CT molecular complexity index is 386. The van der Waals surface area contributed by atoms with Gasteiger partial charge < -0.3 is 5.32 Å². The lowest BCUT2D eigenvalue weighted by Crippen LogP contribution is -2.28. The number of rotatable bonds is 3. The Kier molecular flexibility index (Phi) is 2.62. The summed E-state index contributed by atoms with van der Waals surface area (Å²) in [6.07, 6.45) is 0. The fourth-order valence-corrected chi connectivity index (χ4v) is 2.16. The molecule has 1 fully saturated rings. The normalized spacial score (nSPS) is 24.9. The molecule has 0 bridgehead atoms. The molecule has 0 aromatic heterocycles. The Balaban J connectivity index is 2.49. The quantitative estimate of drug-likeness (QED) is 0.770. The molecular formula is C15H23N. The Morgan fingerprint density at radius 3 is 2.31 bits per heavy atom. The van der Waals surface area contributed by atoms with E-state index in [1.807, 2.05) is 0 Å². The molecule has 1 saturated heterocycles. The van der Waals surface area contributed by atoms with E-state index in [4.69, 9.17) is 0 Å². The topological polar surface area (TPSA) is 21.9 Å². The van der Waals surface area contributed by atoms with E-state index in [9.17, 15) is 0 Å². The van der Waals surface area contributed by atoms with E-state index in [0.29, 0.717) is 5.92 Å². The van der Waals surface area contributed by atoms with Crippen molar-refractivity contribution >= 4 is 0 Å². The number of nitrogens with one attached hydrogen (secondary N) is 1. The van der Waals surface area contributed by atoms with Gasteiger partial charge in [-0.2, -0.15) is 0 Å². The fraction of sp³-hybridized carbons (Fsp3) is 0.600. The second-order valence-corrected chi connectivity index (χ2v) is 6.11. The zero-order valence-electron chi connectivity index (χ0n) is 11.1. The van der Waals surface area contributed by atoms with Gasteiger partial charge in [0.05, 0.1) is 5.54 Å². The Morgan fingerprint density at radius 1 is 1.25 bits per heavy atom. The SMILES string of the molecule is CC(C)C(C)(C)c1ccccc1C1(C)CN1. The van der Waals surface area contributed by atoms with Gasteiger partial charge in [0, 0.05) is 6.54 Å². The van der Waals surface area contributed by atoms with Gasteiger partial charge in [-0.15, -0.1) is 0 Å². The second kappa shape index (κ2) is 3.59. The lowest BCUT2D eigenvalue weighted by Gasteiger charge is -2.33. The molecule has 1 nitrogen and oxygen atoms in total. The van der Waals surface area contributed by atoms with E-state index >= 15 is 0 Å². The van der Waals surface area contributed by atoms with E-state index in [0.717, 1.165) is 6.54 Å². The predicted molar refractivity (Wildman–Crippen MR) is 69.7 cm³/mol. The monoisotopic (exact) mass is 217 g/mol. The van der Waals surface area contributed by atoms with Crippen LogP contribution in [0, 0.1) is 5.92 Å². The first-order valence-electron chi connectivity index (χ1n) is 6.23. The van der Waals surface area contributed by atoms with Crippen molar-refractivity contribution in [2.24, 2.45) is 5.92 Å². The molecule has 0 saturated carbocycles. The first kappa shape index (κ1) is 11.7. The van der Waals surface area contributed by atoms with Crippen molar-refractivity contribution in [3.05, 3.63) is 35.4 Å². The maximum Gasteiger partial charge on any atom is 0.0536 e. The van der Waals surface area contributed by atoms with E-state index in [-0.39, 0.29) is 11.0 Å². The van der Waals surface area contributed by atoms with Crippen LogP contribution in [-0.4, -0.2) is 6.54 Å². The third-order valence-corrected chi connectivity index (χ3v) is 4.37. The maximum atomic E-state index is 3.48. The summed E-state index contributed by atoms with van der Waals surface area (Å²) in [5, 5.41) is 3.48. The molecule has 2 rings (SSSR count). The largest absolute Gasteiger partial charge is 0.304 e. The smallest absolute Gasteiger partial charge is 0.0536 e. The highest BCUT2D eigenvalue weighted by Crippen LogP contribution is 2.40. The van der Waals surface area contributed by atoms with Crippen molar-refractivity contribution in [1.82, 2.24) is 5.32 Å². The van der Waals surface area contributed by atoms with Crippen molar-refractivity contribution < 1.29 is 0 Å². The van der Waals surface area contributed by atoms with Crippen LogP contribution in [0.5, 0.6) is 0 Å². The van der Waals surface area contributed by atoms with Gasteiger partial charge in [-0.3, -0.25) is 0 Å². The third-order valence-electron chi connectivity index (χ3n) is 4.37. The zero-order valence-corrected chi connectivity index (χ0v) is 11.1. The Hall–Kier alpha value is -0.820. The molecule has 0 aliphatic carbocycles. The Labute approximate surface area is 99.3 Å². The molecule has 16 heavy (non-hydrogen) atoms. The summed E-state index contributed by atoms with van der Waals surface area (Å²) in [5.41, 5.74) is 3.44. The molecule has 0 amide bonds. The first-order valence-corrected chi connectivity index (χ1v) is 6.23. The van der Waals surface area contributed by atoms with E-state index in [2.05, 4.69) is 64.2 Å². The summed E-state index contributed by atoms with van der Waals surface area (Å²) in [6.45, 7) is 12.7. The van der Waals surface area contributed by atoms with Crippen LogP contribution in [0.2, 0.25) is 0 Å². The summed E-state index contributed by atoms with van der Waals surface area (Å²) in [7, 11) is 0. The van der Waals surface area contributed by atoms with Crippen LogP contribution in [-0.2, 0) is 11.0 Å². The van der Waals surface area contributed by atoms with Gasteiger partial charge in [0.15, 0.2) is 0 Å². The van der Waals surface area contributed by atoms with Gasteiger partial charge in [-0.1, -0.05) is 52.0 Å². The minimum atomic E-state index is 0.225. The molecular weight excluding hydrogens is 194 g/mol. The summed E-state index contributed by atoms with van der Waals surface area (Å²) in [6, 6.07) is 8.88. The van der Waals surface area contributed by atoms with E-state index in [1.165, 1.54) is 11.1 Å². The van der Waals surface area contributed by atoms with Crippen LogP contribution >= 0.6 is 0 Å². The second-order valence-electron chi connectivity index (χ2n) is 6.11. The summed E-state index contributed by atoms with van der Waals surface area (Å²) in [4.78, 5) is 0. The third kappa shape index (κ3) is 1.78. The van der Waals surface area contributed by atoms with Crippen LogP contribution in [0.25, 0.3) is 0 Å². The van der Waals surface area contributed by atoms with Gasteiger partial charge in [-0.05, 0) is 29.4 Å². The van der Waals surface area contributed by atoms with Crippen LogP contribution in [0.15, 0.2) is 24.3 Å². The van der Waals surface area contributed by atoms with Crippen molar-refractivity contribution in [1.29, 1.82) is 0 Å². The highest BCUT2D eigenvalue weighted by molar-refractivity contribution is 5.41. The average Bonchev–Trinajstić information content (AvgIpc) is 2.98. The summed E-state index contributed by atoms with van der Waals surface area (Å²) in [5.74, 6) is 0.649. The molecule has 1 N–H and O–H groups in total. The number of hydrogen-bond donors (Lipinski definition) is 1. The highest BCUT2D eigenvalue weighted by Gasteiger charge is 2.42. The molecule has 1 aliphatic heterocycles. The molecule has 1 unspecified atom stereocenters. The molecule has 1 heteroatoms. The van der Waals surface area contributed by atoms with Crippen LogP contribution in [0.3, 0.4) is 0 Å². The minimum Gasteiger partial charge on any atom is -0.304 e. The van der Waals surface area contributed by atoms with Crippen molar-refractivity contribution in [2.45, 2.75) is 45.6 Å². The zero-order chi connectivity index (χ0) is 12.0. The van der Waals surface area contributed by atoms with Crippen LogP contribution in [0.1, 0.15) is 45.7 Å². The lowest BCUT2D eigenvalue weighted by atomic mass is 9.72. The molecule has 1 aromatic rings. The van der Waals surface area contributed by atoms with Gasteiger partial charge in [0.2, 0.25) is 0 Å². The van der Waals surface area contributed by atoms with E-state index < -0.39 is 0 Å². The minimum absolute atomic E-state index is 0.225. The Morgan fingerprint density at radius 2 is 1.81 bits per heavy atom. The fourth-order valence-electron chi connectivity index (χ4n) is 2.16. The molecule has 1 atom stereocenters. The number of hydrogen-bond acceptors (Lipinski definition) is 1. The van der Waals surface area contributed by atoms with Gasteiger partial charge in [-0.25, -0.2) is 0 Å². The van der Waals surface area contributed by atoms with E-state index in [1.54, 1.807) is 0 Å². The molecule has 1 aromatic carbocycles. The van der Waals surface area contributed by atoms with Gasteiger partial charge in [0.1, 0.15) is 0 Å². The van der Waals surface area contributed by atoms with Crippen LogP contribution in [0.4, 0.5) is 0 Å². The van der Waals surface area contributed by atoms with Gasteiger partial charge >= 0.3 is 0 Å². The molecule has 0 radical (unpaired) electrons. The molecule has 0 spiro atoms. The summed E-state index contributed by atoms with van der Waals surface area (Å²) >= 11 is 0. The van der Waals surface area contributed by atoms with Crippen LogP contribution < -0.4 is 5.32 Å². The molecule has 1 aliphatic rings. The highest BCUT2D eigenvalue weighted by atomic mass is 15.1. The average molecular weight is 217 g/mol. The van der Waals surface area contributed by atoms with Crippen molar-refractivity contribution in [2.75, 3.05) is 6.54 Å². The molecule has 1 heterocycles. The van der Waals surface area contributed by atoms with Crippen molar-refractivity contribution in [3.63, 3.8) is 0 Å². The van der Waals surface area contributed by atoms with Crippen molar-refractivity contribution in [3.8, 4) is 0 Å². The maximum absolute atomic E-state index is 3.48. The number of benzene rings is 1.